The first kappa shape index (κ1) is 15.1. The molecule has 1 nitrogen and oxygen atoms in total. The van der Waals surface area contributed by atoms with Crippen LogP contribution in [0.3, 0.4) is 0 Å². The monoisotopic (exact) mass is 285 g/mol. The Labute approximate surface area is 126 Å². The highest BCUT2D eigenvalue weighted by molar-refractivity contribution is 7.99. The molecule has 0 fully saturated rings. The molecule has 0 bridgehead atoms. The maximum absolute atomic E-state index is 3.43. The summed E-state index contributed by atoms with van der Waals surface area (Å²) in [4.78, 5) is 2.64. The van der Waals surface area contributed by atoms with Crippen LogP contribution in [0.5, 0.6) is 0 Å². The van der Waals surface area contributed by atoms with Crippen molar-refractivity contribution in [3.63, 3.8) is 0 Å². The molecule has 1 N–H and O–H groups in total. The van der Waals surface area contributed by atoms with Crippen molar-refractivity contribution in [2.24, 2.45) is 0 Å². The third-order valence-electron chi connectivity index (χ3n) is 3.24. The van der Waals surface area contributed by atoms with Gasteiger partial charge in [0.2, 0.25) is 0 Å². The molecule has 0 saturated carbocycles. The van der Waals surface area contributed by atoms with Crippen LogP contribution < -0.4 is 5.32 Å². The van der Waals surface area contributed by atoms with Crippen LogP contribution in [0.1, 0.15) is 30.0 Å². The molecule has 0 spiro atoms. The Bertz CT molecular complexity index is 546. The zero-order chi connectivity index (χ0) is 14.4. The van der Waals surface area contributed by atoms with Gasteiger partial charge in [0.05, 0.1) is 0 Å². The van der Waals surface area contributed by atoms with Crippen molar-refractivity contribution in [2.75, 3.05) is 6.54 Å². The number of benzene rings is 2. The summed E-state index contributed by atoms with van der Waals surface area (Å²) >= 11 is 1.84. The third kappa shape index (κ3) is 4.39. The van der Waals surface area contributed by atoms with Gasteiger partial charge < -0.3 is 5.32 Å². The summed E-state index contributed by atoms with van der Waals surface area (Å²) in [5, 5.41) is 3.43. The number of hydrogen-bond donors (Lipinski definition) is 1. The van der Waals surface area contributed by atoms with Gasteiger partial charge >= 0.3 is 0 Å². The first-order valence-corrected chi connectivity index (χ1v) is 8.05. The van der Waals surface area contributed by atoms with E-state index in [4.69, 9.17) is 0 Å². The molecule has 0 saturated heterocycles. The Morgan fingerprint density at radius 2 is 1.75 bits per heavy atom. The van der Waals surface area contributed by atoms with Crippen LogP contribution in [-0.2, 0) is 6.54 Å². The van der Waals surface area contributed by atoms with E-state index in [1.54, 1.807) is 0 Å². The van der Waals surface area contributed by atoms with Gasteiger partial charge in [0.25, 0.3) is 0 Å². The van der Waals surface area contributed by atoms with Crippen molar-refractivity contribution in [2.45, 2.75) is 43.5 Å². The van der Waals surface area contributed by atoms with E-state index in [0.29, 0.717) is 0 Å². The first-order chi connectivity index (χ1) is 9.69. The molecular weight excluding hydrogens is 262 g/mol. The standard InChI is InChI=1S/C18H23NS/c1-4-11-19-13-16-6-8-17(9-7-16)20-18-10-5-14(2)12-15(18)3/h5-10,12,19H,4,11,13H2,1-3H3. The molecule has 20 heavy (non-hydrogen) atoms. The predicted molar refractivity (Wildman–Crippen MR) is 88.5 cm³/mol. The molecule has 2 aromatic carbocycles. The average molecular weight is 285 g/mol. The van der Waals surface area contributed by atoms with E-state index in [0.717, 1.165) is 13.1 Å². The number of rotatable bonds is 6. The summed E-state index contributed by atoms with van der Waals surface area (Å²) in [5.74, 6) is 0. The Balaban J connectivity index is 1.99. The summed E-state index contributed by atoms with van der Waals surface area (Å²) in [6.07, 6.45) is 1.18. The van der Waals surface area contributed by atoms with Gasteiger partial charge in [-0.1, -0.05) is 48.5 Å². The maximum Gasteiger partial charge on any atom is 0.0205 e. The summed E-state index contributed by atoms with van der Waals surface area (Å²) < 4.78 is 0. The first-order valence-electron chi connectivity index (χ1n) is 7.24. The number of hydrogen-bond acceptors (Lipinski definition) is 2. The van der Waals surface area contributed by atoms with Crippen molar-refractivity contribution in [1.82, 2.24) is 5.32 Å². The highest BCUT2D eigenvalue weighted by Crippen LogP contribution is 2.30. The van der Waals surface area contributed by atoms with Crippen LogP contribution in [0.2, 0.25) is 0 Å². The van der Waals surface area contributed by atoms with Gasteiger partial charge in [0.1, 0.15) is 0 Å². The topological polar surface area (TPSA) is 12.0 Å². The minimum absolute atomic E-state index is 0.961. The zero-order valence-electron chi connectivity index (χ0n) is 12.6. The number of aryl methyl sites for hydroxylation is 2. The second-order valence-electron chi connectivity index (χ2n) is 5.19. The lowest BCUT2D eigenvalue weighted by Gasteiger charge is -2.08. The van der Waals surface area contributed by atoms with Crippen LogP contribution in [0, 0.1) is 13.8 Å². The maximum atomic E-state index is 3.43. The van der Waals surface area contributed by atoms with Crippen LogP contribution in [-0.4, -0.2) is 6.54 Å². The Hall–Kier alpha value is -1.25. The summed E-state index contributed by atoms with van der Waals surface area (Å²) in [7, 11) is 0. The Kier molecular flexibility index (Phi) is 5.69. The number of nitrogens with one attached hydrogen (secondary N) is 1. The molecule has 106 valence electrons. The van der Waals surface area contributed by atoms with E-state index in [1.165, 1.54) is 32.9 Å². The quantitative estimate of drug-likeness (QED) is 0.753. The zero-order valence-corrected chi connectivity index (χ0v) is 13.4. The molecule has 2 heteroatoms. The molecule has 0 aliphatic heterocycles. The van der Waals surface area contributed by atoms with Gasteiger partial charge in [-0.15, -0.1) is 0 Å². The lowest BCUT2D eigenvalue weighted by molar-refractivity contribution is 0.675. The van der Waals surface area contributed by atoms with E-state index >= 15 is 0 Å². The van der Waals surface area contributed by atoms with Crippen molar-refractivity contribution in [3.05, 3.63) is 59.2 Å². The predicted octanol–water partition coefficient (Wildman–Crippen LogP) is 4.95. The van der Waals surface area contributed by atoms with E-state index in [-0.39, 0.29) is 0 Å². The molecule has 2 aromatic rings. The minimum atomic E-state index is 0.961. The Morgan fingerprint density at radius 1 is 1.00 bits per heavy atom. The minimum Gasteiger partial charge on any atom is -0.313 e. The van der Waals surface area contributed by atoms with Crippen LogP contribution in [0.25, 0.3) is 0 Å². The molecule has 0 aliphatic rings. The fourth-order valence-electron chi connectivity index (χ4n) is 2.13. The Morgan fingerprint density at radius 3 is 2.40 bits per heavy atom. The summed E-state index contributed by atoms with van der Waals surface area (Å²) in [6, 6.07) is 15.5. The van der Waals surface area contributed by atoms with Crippen molar-refractivity contribution in [3.8, 4) is 0 Å². The molecule has 0 heterocycles. The molecule has 0 atom stereocenters. The third-order valence-corrected chi connectivity index (χ3v) is 4.42. The second kappa shape index (κ2) is 7.51. The molecular formula is C18H23NS. The SMILES string of the molecule is CCCNCc1ccc(Sc2ccc(C)cc2C)cc1. The molecule has 2 rings (SSSR count). The lowest BCUT2D eigenvalue weighted by Crippen LogP contribution is -2.13. The molecule has 0 radical (unpaired) electrons. The molecule has 0 amide bonds. The largest absolute Gasteiger partial charge is 0.313 e. The average Bonchev–Trinajstić information content (AvgIpc) is 2.44. The fraction of sp³-hybridized carbons (Fsp3) is 0.333. The van der Waals surface area contributed by atoms with Crippen LogP contribution in [0.4, 0.5) is 0 Å². The van der Waals surface area contributed by atoms with E-state index in [1.807, 2.05) is 11.8 Å². The molecule has 0 aromatic heterocycles. The van der Waals surface area contributed by atoms with Gasteiger partial charge in [-0.2, -0.15) is 0 Å². The molecule has 0 aliphatic carbocycles. The van der Waals surface area contributed by atoms with Crippen molar-refractivity contribution < 1.29 is 0 Å². The smallest absolute Gasteiger partial charge is 0.0205 e. The van der Waals surface area contributed by atoms with Crippen LogP contribution in [0.15, 0.2) is 52.3 Å². The second-order valence-corrected chi connectivity index (χ2v) is 6.31. The van der Waals surface area contributed by atoms with Gasteiger partial charge in [-0.3, -0.25) is 0 Å². The molecule has 0 unspecified atom stereocenters. The summed E-state index contributed by atoms with van der Waals surface area (Å²) in [5.41, 5.74) is 4.02. The van der Waals surface area contributed by atoms with Crippen LogP contribution >= 0.6 is 11.8 Å². The van der Waals surface area contributed by atoms with Crippen molar-refractivity contribution in [1.29, 1.82) is 0 Å². The van der Waals surface area contributed by atoms with Gasteiger partial charge in [-0.25, -0.2) is 0 Å². The van der Waals surface area contributed by atoms with E-state index in [2.05, 4.69) is 68.6 Å². The van der Waals surface area contributed by atoms with E-state index in [9.17, 15) is 0 Å². The van der Waals surface area contributed by atoms with E-state index < -0.39 is 0 Å². The normalized spacial score (nSPS) is 10.8. The van der Waals surface area contributed by atoms with Gasteiger partial charge in [0.15, 0.2) is 0 Å². The highest BCUT2D eigenvalue weighted by Gasteiger charge is 2.02. The van der Waals surface area contributed by atoms with Gasteiger partial charge in [-0.05, 0) is 56.1 Å². The highest BCUT2D eigenvalue weighted by atomic mass is 32.2. The lowest BCUT2D eigenvalue weighted by atomic mass is 10.2. The van der Waals surface area contributed by atoms with Crippen molar-refractivity contribution >= 4 is 11.8 Å². The summed E-state index contributed by atoms with van der Waals surface area (Å²) in [6.45, 7) is 8.55. The van der Waals surface area contributed by atoms with Gasteiger partial charge in [0, 0.05) is 16.3 Å². The fourth-order valence-corrected chi connectivity index (χ4v) is 3.01.